The Hall–Kier alpha value is -0.940. The van der Waals surface area contributed by atoms with Crippen molar-refractivity contribution in [3.63, 3.8) is 0 Å². The second kappa shape index (κ2) is 27.2. The van der Waals surface area contributed by atoms with E-state index >= 15 is 0 Å². The monoisotopic (exact) mass is 808 g/mol. The zero-order chi connectivity index (χ0) is 41.6. The molecule has 0 spiro atoms. The smallest absolute Gasteiger partial charge is 0.0934 e. The van der Waals surface area contributed by atoms with E-state index < -0.39 is 0 Å². The molecular weight excluding hydrogens is 711 g/mol. The fourth-order valence-electron chi connectivity index (χ4n) is 12.5. The number of rotatable bonds is 31. The first-order valence-corrected chi connectivity index (χ1v) is 25.5. The minimum atomic E-state index is 0.153. The van der Waals surface area contributed by atoms with E-state index in [1.54, 1.807) is 5.57 Å². The molecule has 4 nitrogen and oxygen atoms in total. The van der Waals surface area contributed by atoms with E-state index in [0.717, 1.165) is 87.6 Å². The number of unbranched alkanes of at least 4 members (excludes halogenated alkanes) is 10. The Morgan fingerprint density at radius 3 is 2.19 bits per heavy atom. The molecule has 3 fully saturated rings. The van der Waals surface area contributed by atoms with Gasteiger partial charge in [-0.25, -0.2) is 0 Å². The van der Waals surface area contributed by atoms with Crippen molar-refractivity contribution in [1.82, 2.24) is 4.90 Å². The second-order valence-electron chi connectivity index (χ2n) is 21.1. The largest absolute Gasteiger partial charge is 0.379 e. The van der Waals surface area contributed by atoms with Gasteiger partial charge in [0.2, 0.25) is 0 Å². The fourth-order valence-corrected chi connectivity index (χ4v) is 12.5. The van der Waals surface area contributed by atoms with Crippen molar-refractivity contribution >= 4 is 0 Å². The SMILES string of the molecule is CCCCC/C=C\C/C=C\CCCCCCCCOC(COCCCCO[C@@H]1CC[C@]2(C)C(=CCC3C4CCC(C(C)CCCC(C)C)[C@]4(C)CCC32)C1)CN(C)C. The summed E-state index contributed by atoms with van der Waals surface area (Å²) in [5.74, 6) is 5.43. The van der Waals surface area contributed by atoms with Crippen LogP contribution in [0.5, 0.6) is 0 Å². The van der Waals surface area contributed by atoms with E-state index in [0.29, 0.717) is 23.5 Å². The predicted molar refractivity (Wildman–Crippen MR) is 250 cm³/mol. The summed E-state index contributed by atoms with van der Waals surface area (Å²) >= 11 is 0. The highest BCUT2D eigenvalue weighted by molar-refractivity contribution is 5.25. The van der Waals surface area contributed by atoms with Crippen molar-refractivity contribution in [3.05, 3.63) is 36.0 Å². The van der Waals surface area contributed by atoms with E-state index in [1.807, 2.05) is 0 Å². The third kappa shape index (κ3) is 16.1. The van der Waals surface area contributed by atoms with Crippen LogP contribution in [0.25, 0.3) is 0 Å². The molecule has 4 rings (SSSR count). The third-order valence-corrected chi connectivity index (χ3v) is 15.9. The van der Waals surface area contributed by atoms with Gasteiger partial charge in [0.25, 0.3) is 0 Å². The molecule has 0 bridgehead atoms. The van der Waals surface area contributed by atoms with Crippen LogP contribution in [0.2, 0.25) is 0 Å². The molecule has 0 amide bonds. The molecule has 0 aromatic carbocycles. The van der Waals surface area contributed by atoms with Crippen LogP contribution in [-0.4, -0.2) is 64.2 Å². The quantitative estimate of drug-likeness (QED) is 0.0516. The molecule has 4 heteroatoms. The van der Waals surface area contributed by atoms with Crippen molar-refractivity contribution in [2.45, 2.75) is 214 Å². The van der Waals surface area contributed by atoms with E-state index in [2.05, 4.69) is 90.9 Å². The Morgan fingerprint density at radius 2 is 1.45 bits per heavy atom. The maximum Gasteiger partial charge on any atom is 0.0934 e. The molecule has 336 valence electrons. The molecule has 0 aliphatic heterocycles. The number of fused-ring (bicyclic) bond motifs is 5. The van der Waals surface area contributed by atoms with Crippen LogP contribution in [0.1, 0.15) is 202 Å². The lowest BCUT2D eigenvalue weighted by Crippen LogP contribution is -2.51. The number of allylic oxidation sites excluding steroid dienone is 5. The molecule has 58 heavy (non-hydrogen) atoms. The maximum atomic E-state index is 6.58. The van der Waals surface area contributed by atoms with E-state index in [-0.39, 0.29) is 6.10 Å². The molecule has 0 aromatic rings. The Bertz CT molecular complexity index is 1170. The number of likely N-dealkylation sites (N-methyl/N-ethyl adjacent to an activating group) is 1. The van der Waals surface area contributed by atoms with E-state index in [9.17, 15) is 0 Å². The lowest BCUT2D eigenvalue weighted by molar-refractivity contribution is -0.0645. The van der Waals surface area contributed by atoms with Gasteiger partial charge in [-0.15, -0.1) is 0 Å². The Labute approximate surface area is 361 Å². The van der Waals surface area contributed by atoms with Gasteiger partial charge in [-0.1, -0.05) is 135 Å². The average Bonchev–Trinajstić information content (AvgIpc) is 3.55. The van der Waals surface area contributed by atoms with Crippen molar-refractivity contribution in [2.24, 2.45) is 46.3 Å². The summed E-state index contributed by atoms with van der Waals surface area (Å²) in [6.07, 6.45) is 45.4. The summed E-state index contributed by atoms with van der Waals surface area (Å²) in [6, 6.07) is 0. The summed E-state index contributed by atoms with van der Waals surface area (Å²) in [7, 11) is 4.27. The highest BCUT2D eigenvalue weighted by atomic mass is 16.5. The molecule has 6 unspecified atom stereocenters. The van der Waals surface area contributed by atoms with Gasteiger partial charge in [0.05, 0.1) is 18.8 Å². The van der Waals surface area contributed by atoms with Gasteiger partial charge in [0.1, 0.15) is 0 Å². The highest BCUT2D eigenvalue weighted by Crippen LogP contribution is 2.67. The predicted octanol–water partition coefficient (Wildman–Crippen LogP) is 15.0. The van der Waals surface area contributed by atoms with Gasteiger partial charge < -0.3 is 19.1 Å². The maximum absolute atomic E-state index is 6.58. The summed E-state index contributed by atoms with van der Waals surface area (Å²) in [6.45, 7) is 19.2. The van der Waals surface area contributed by atoms with Crippen molar-refractivity contribution in [1.29, 1.82) is 0 Å². The van der Waals surface area contributed by atoms with Crippen LogP contribution in [0.3, 0.4) is 0 Å². The fraction of sp³-hybridized carbons (Fsp3) is 0.889. The molecular formula is C54H97NO3. The molecule has 0 N–H and O–H groups in total. The molecule has 3 saturated carbocycles. The van der Waals surface area contributed by atoms with Crippen molar-refractivity contribution in [2.75, 3.05) is 47.1 Å². The third-order valence-electron chi connectivity index (χ3n) is 15.9. The summed E-state index contributed by atoms with van der Waals surface area (Å²) < 4.78 is 19.1. The van der Waals surface area contributed by atoms with Crippen molar-refractivity contribution < 1.29 is 14.2 Å². The van der Waals surface area contributed by atoms with Crippen LogP contribution >= 0.6 is 0 Å². The number of ether oxygens (including phenoxy) is 3. The molecule has 0 saturated heterocycles. The first kappa shape index (κ1) is 49.7. The van der Waals surface area contributed by atoms with Gasteiger partial charge in [-0.2, -0.15) is 0 Å². The van der Waals surface area contributed by atoms with Gasteiger partial charge in [-0.3, -0.25) is 0 Å². The Kier molecular flexibility index (Phi) is 23.3. The molecule has 4 aliphatic rings. The standard InChI is InChI=1S/C54H97NO3/c1-9-10-11-12-13-14-15-16-17-18-19-20-21-22-23-24-39-58-48(42-55(7)8)43-56-38-25-26-40-57-47-34-36-53(5)46(41-47)30-31-49-51-33-32-50(45(4)29-27-28-44(2)3)54(51,6)37-35-52(49)53/h13-14,16-17,30,44-45,47-52H,9-12,15,18-29,31-43H2,1-8H3/b14-13-,17-16-/t45?,47-,48?,49?,50?,51?,52?,53-,54+/m1/s1. The first-order chi connectivity index (χ1) is 28.1. The molecule has 9 atom stereocenters. The van der Waals surface area contributed by atoms with Crippen molar-refractivity contribution in [3.8, 4) is 0 Å². The lowest BCUT2D eigenvalue weighted by atomic mass is 9.47. The molecule has 0 heterocycles. The van der Waals surface area contributed by atoms with Crippen LogP contribution in [0.4, 0.5) is 0 Å². The molecule has 0 aromatic heterocycles. The summed E-state index contributed by atoms with van der Waals surface area (Å²) in [4.78, 5) is 2.23. The second-order valence-corrected chi connectivity index (χ2v) is 21.1. The highest BCUT2D eigenvalue weighted by Gasteiger charge is 2.59. The zero-order valence-electron chi connectivity index (χ0n) is 39.9. The van der Waals surface area contributed by atoms with Crippen LogP contribution in [-0.2, 0) is 14.2 Å². The summed E-state index contributed by atoms with van der Waals surface area (Å²) in [5, 5.41) is 0. The minimum Gasteiger partial charge on any atom is -0.379 e. The van der Waals surface area contributed by atoms with Gasteiger partial charge in [0, 0.05) is 26.4 Å². The van der Waals surface area contributed by atoms with Crippen LogP contribution in [0, 0.1) is 46.3 Å². The topological polar surface area (TPSA) is 30.9 Å². The number of hydrogen-bond acceptors (Lipinski definition) is 4. The summed E-state index contributed by atoms with van der Waals surface area (Å²) in [5.41, 5.74) is 2.75. The number of nitrogens with zero attached hydrogens (tertiary/aromatic N) is 1. The van der Waals surface area contributed by atoms with Gasteiger partial charge >= 0.3 is 0 Å². The minimum absolute atomic E-state index is 0.153. The molecule has 4 aliphatic carbocycles. The Balaban J connectivity index is 1.03. The van der Waals surface area contributed by atoms with Gasteiger partial charge in [-0.05, 0) is 163 Å². The lowest BCUT2D eigenvalue weighted by Gasteiger charge is -2.58. The van der Waals surface area contributed by atoms with Crippen LogP contribution in [0.15, 0.2) is 36.0 Å². The van der Waals surface area contributed by atoms with E-state index in [1.165, 1.54) is 135 Å². The number of hydrogen-bond donors (Lipinski definition) is 0. The average molecular weight is 808 g/mol. The molecule has 0 radical (unpaired) electrons. The zero-order valence-corrected chi connectivity index (χ0v) is 39.9. The normalized spacial score (nSPS) is 29.6. The Morgan fingerprint density at radius 1 is 0.741 bits per heavy atom. The van der Waals surface area contributed by atoms with E-state index in [4.69, 9.17) is 14.2 Å². The van der Waals surface area contributed by atoms with Crippen LogP contribution < -0.4 is 0 Å². The first-order valence-electron chi connectivity index (χ1n) is 25.5. The van der Waals surface area contributed by atoms with Gasteiger partial charge in [0.15, 0.2) is 0 Å².